The van der Waals surface area contributed by atoms with Crippen LogP contribution >= 0.6 is 0 Å². The molecule has 0 radical (unpaired) electrons. The topological polar surface area (TPSA) is 16.8 Å². The van der Waals surface area contributed by atoms with Crippen LogP contribution in [0.2, 0.25) is 0 Å². The molecule has 4 rings (SSSR count). The van der Waals surface area contributed by atoms with Gasteiger partial charge in [-0.1, -0.05) is 41.5 Å². The Morgan fingerprint density at radius 3 is 2.43 bits per heavy atom. The van der Waals surface area contributed by atoms with Crippen molar-refractivity contribution in [3.63, 3.8) is 0 Å². The standard InChI is InChI=1S/C21H21N2/c1-13-6-8-17-16(9-13)11-20-19(17)12-23(4)21(22-20)18-10-14(2)5-7-15(18)3/h5-10,12H,11H2,1-4H3/q+1. The molecule has 2 aromatic carbocycles. The van der Waals surface area contributed by atoms with Crippen molar-refractivity contribution in [2.24, 2.45) is 7.05 Å². The lowest BCUT2D eigenvalue weighted by molar-refractivity contribution is -0.662. The quantitative estimate of drug-likeness (QED) is 0.484. The summed E-state index contributed by atoms with van der Waals surface area (Å²) in [5.74, 6) is 1.05. The van der Waals surface area contributed by atoms with Crippen molar-refractivity contribution in [1.29, 1.82) is 0 Å². The molecular formula is C21H21N2+. The SMILES string of the molecule is Cc1ccc2c(c1)Cc1nc(-c3cc(C)ccc3C)[n+](C)cc1-2. The summed E-state index contributed by atoms with van der Waals surface area (Å²) < 4.78 is 2.16. The van der Waals surface area contributed by atoms with Crippen molar-refractivity contribution in [3.05, 3.63) is 70.5 Å². The van der Waals surface area contributed by atoms with Gasteiger partial charge in [-0.25, -0.2) is 4.57 Å². The molecule has 114 valence electrons. The van der Waals surface area contributed by atoms with E-state index in [1.54, 1.807) is 0 Å². The van der Waals surface area contributed by atoms with E-state index in [4.69, 9.17) is 4.98 Å². The first kappa shape index (κ1) is 14.1. The zero-order valence-corrected chi connectivity index (χ0v) is 14.1. The molecule has 0 atom stereocenters. The molecule has 2 nitrogen and oxygen atoms in total. The molecule has 0 fully saturated rings. The summed E-state index contributed by atoms with van der Waals surface area (Å²) in [5, 5.41) is 0. The molecule has 1 aliphatic rings. The highest BCUT2D eigenvalue weighted by Gasteiger charge is 2.28. The Hall–Kier alpha value is -2.48. The highest BCUT2D eigenvalue weighted by Crippen LogP contribution is 2.36. The first-order valence-corrected chi connectivity index (χ1v) is 8.10. The second-order valence-corrected chi connectivity index (χ2v) is 6.69. The number of hydrogen-bond acceptors (Lipinski definition) is 1. The van der Waals surface area contributed by atoms with E-state index < -0.39 is 0 Å². The molecule has 0 saturated carbocycles. The highest BCUT2D eigenvalue weighted by atomic mass is 15.0. The minimum absolute atomic E-state index is 0.936. The molecule has 1 aromatic heterocycles. The summed E-state index contributed by atoms with van der Waals surface area (Å²) in [6.07, 6.45) is 3.17. The van der Waals surface area contributed by atoms with E-state index >= 15 is 0 Å². The molecular weight excluding hydrogens is 280 g/mol. The van der Waals surface area contributed by atoms with Crippen LogP contribution in [0.15, 0.2) is 42.6 Å². The summed E-state index contributed by atoms with van der Waals surface area (Å²) in [4.78, 5) is 5.03. The molecule has 23 heavy (non-hydrogen) atoms. The van der Waals surface area contributed by atoms with Gasteiger partial charge in [0.2, 0.25) is 0 Å². The fourth-order valence-electron chi connectivity index (χ4n) is 3.49. The Bertz CT molecular complexity index is 939. The molecule has 0 N–H and O–H groups in total. The van der Waals surface area contributed by atoms with E-state index in [9.17, 15) is 0 Å². The van der Waals surface area contributed by atoms with Gasteiger partial charge in [0, 0.05) is 6.42 Å². The van der Waals surface area contributed by atoms with Gasteiger partial charge in [-0.2, -0.15) is 0 Å². The normalized spacial score (nSPS) is 12.2. The van der Waals surface area contributed by atoms with Crippen molar-refractivity contribution >= 4 is 0 Å². The van der Waals surface area contributed by atoms with Crippen molar-refractivity contribution < 1.29 is 4.57 Å². The maximum absolute atomic E-state index is 5.03. The highest BCUT2D eigenvalue weighted by molar-refractivity contribution is 5.75. The van der Waals surface area contributed by atoms with Gasteiger partial charge in [0.1, 0.15) is 6.20 Å². The predicted molar refractivity (Wildman–Crippen MR) is 93.3 cm³/mol. The van der Waals surface area contributed by atoms with Gasteiger partial charge < -0.3 is 0 Å². The van der Waals surface area contributed by atoms with Crippen LogP contribution in [0.1, 0.15) is 27.9 Å². The van der Waals surface area contributed by atoms with Crippen LogP contribution in [0.4, 0.5) is 0 Å². The Morgan fingerprint density at radius 2 is 1.61 bits per heavy atom. The Morgan fingerprint density at radius 1 is 0.870 bits per heavy atom. The number of nitrogens with zero attached hydrogens (tertiary/aromatic N) is 2. The fourth-order valence-corrected chi connectivity index (χ4v) is 3.49. The molecule has 1 heterocycles. The Balaban J connectivity index is 1.90. The molecule has 0 spiro atoms. The van der Waals surface area contributed by atoms with E-state index in [-0.39, 0.29) is 0 Å². The smallest absolute Gasteiger partial charge is 0.232 e. The summed E-state index contributed by atoms with van der Waals surface area (Å²) in [6.45, 7) is 6.44. The van der Waals surface area contributed by atoms with Crippen LogP contribution in [-0.4, -0.2) is 4.98 Å². The van der Waals surface area contributed by atoms with E-state index in [0.29, 0.717) is 0 Å². The number of fused-ring (bicyclic) bond motifs is 3. The van der Waals surface area contributed by atoms with Crippen LogP contribution in [0.25, 0.3) is 22.5 Å². The molecule has 3 aromatic rings. The van der Waals surface area contributed by atoms with Gasteiger partial charge in [-0.15, -0.1) is 0 Å². The first-order valence-electron chi connectivity index (χ1n) is 8.10. The summed E-state index contributed by atoms with van der Waals surface area (Å²) in [5.41, 5.74) is 10.3. The Labute approximate surface area is 137 Å². The van der Waals surface area contributed by atoms with Crippen LogP contribution in [0.3, 0.4) is 0 Å². The first-order chi connectivity index (χ1) is 11.0. The van der Waals surface area contributed by atoms with E-state index in [1.165, 1.54) is 44.6 Å². The zero-order chi connectivity index (χ0) is 16.1. The average Bonchev–Trinajstić information content (AvgIpc) is 2.85. The third-order valence-corrected chi connectivity index (χ3v) is 4.75. The van der Waals surface area contributed by atoms with Gasteiger partial charge in [0.05, 0.1) is 18.2 Å². The molecule has 2 heteroatoms. The van der Waals surface area contributed by atoms with Crippen LogP contribution < -0.4 is 4.57 Å². The lowest BCUT2D eigenvalue weighted by Gasteiger charge is -2.06. The second-order valence-electron chi connectivity index (χ2n) is 6.69. The number of aromatic nitrogens is 2. The van der Waals surface area contributed by atoms with Gasteiger partial charge in [0.15, 0.2) is 5.69 Å². The molecule has 0 aliphatic heterocycles. The van der Waals surface area contributed by atoms with Gasteiger partial charge in [-0.3, -0.25) is 0 Å². The second kappa shape index (κ2) is 5.02. The number of aryl methyl sites for hydroxylation is 4. The Kier molecular flexibility index (Phi) is 3.08. The number of hydrogen-bond donors (Lipinski definition) is 0. The average molecular weight is 301 g/mol. The summed E-state index contributed by atoms with van der Waals surface area (Å²) in [6, 6.07) is 13.3. The molecule has 0 saturated heterocycles. The lowest BCUT2D eigenvalue weighted by atomic mass is 10.0. The van der Waals surface area contributed by atoms with Crippen LogP contribution in [-0.2, 0) is 13.5 Å². The predicted octanol–water partition coefficient (Wildman–Crippen LogP) is 4.07. The van der Waals surface area contributed by atoms with Gasteiger partial charge in [0.25, 0.3) is 0 Å². The van der Waals surface area contributed by atoms with Crippen LogP contribution in [0, 0.1) is 20.8 Å². The van der Waals surface area contributed by atoms with Crippen molar-refractivity contribution in [3.8, 4) is 22.5 Å². The van der Waals surface area contributed by atoms with Crippen molar-refractivity contribution in [2.45, 2.75) is 27.2 Å². The zero-order valence-electron chi connectivity index (χ0n) is 14.1. The third-order valence-electron chi connectivity index (χ3n) is 4.75. The number of benzene rings is 2. The summed E-state index contributed by atoms with van der Waals surface area (Å²) in [7, 11) is 2.09. The fraction of sp³-hybridized carbons (Fsp3) is 0.238. The van der Waals surface area contributed by atoms with Crippen molar-refractivity contribution in [1.82, 2.24) is 4.98 Å². The monoisotopic (exact) mass is 301 g/mol. The summed E-state index contributed by atoms with van der Waals surface area (Å²) >= 11 is 0. The molecule has 0 amide bonds. The third kappa shape index (κ3) is 2.26. The largest absolute Gasteiger partial charge is 0.330 e. The molecule has 1 aliphatic carbocycles. The molecule has 0 bridgehead atoms. The minimum atomic E-state index is 0.936. The maximum Gasteiger partial charge on any atom is 0.330 e. The van der Waals surface area contributed by atoms with Gasteiger partial charge >= 0.3 is 5.82 Å². The minimum Gasteiger partial charge on any atom is -0.232 e. The number of rotatable bonds is 1. The van der Waals surface area contributed by atoms with E-state index in [1.807, 2.05) is 0 Å². The van der Waals surface area contributed by atoms with E-state index in [0.717, 1.165) is 12.2 Å². The lowest BCUT2D eigenvalue weighted by Crippen LogP contribution is -2.33. The van der Waals surface area contributed by atoms with Crippen molar-refractivity contribution in [2.75, 3.05) is 0 Å². The molecule has 0 unspecified atom stereocenters. The van der Waals surface area contributed by atoms with E-state index in [2.05, 4.69) is 75.0 Å². The van der Waals surface area contributed by atoms with Crippen LogP contribution in [0.5, 0.6) is 0 Å². The maximum atomic E-state index is 5.03. The van der Waals surface area contributed by atoms with Gasteiger partial charge in [-0.05, 0) is 48.5 Å².